The Morgan fingerprint density at radius 2 is 1.97 bits per heavy atom. The maximum absolute atomic E-state index is 12.7. The van der Waals surface area contributed by atoms with E-state index < -0.39 is 9.84 Å². The molecule has 0 bridgehead atoms. The number of nitrogens with one attached hydrogen (secondary N) is 1. The minimum Gasteiger partial charge on any atom is -0.379 e. The van der Waals surface area contributed by atoms with Gasteiger partial charge in [-0.1, -0.05) is 30.3 Å². The lowest BCUT2D eigenvalue weighted by Gasteiger charge is -2.26. The Labute approximate surface area is 170 Å². The van der Waals surface area contributed by atoms with Gasteiger partial charge in [0.2, 0.25) is 0 Å². The summed E-state index contributed by atoms with van der Waals surface area (Å²) >= 11 is 0. The highest BCUT2D eigenvalue weighted by Gasteiger charge is 2.32. The molecule has 1 amide bonds. The van der Waals surface area contributed by atoms with Crippen molar-refractivity contribution in [3.63, 3.8) is 0 Å². The minimum absolute atomic E-state index is 0.0621. The molecule has 4 rings (SSSR count). The van der Waals surface area contributed by atoms with E-state index in [0.717, 1.165) is 44.1 Å². The number of carbonyl (C=O) groups is 1. The van der Waals surface area contributed by atoms with Gasteiger partial charge in [-0.3, -0.25) is 14.4 Å². The summed E-state index contributed by atoms with van der Waals surface area (Å²) in [5, 5.41) is 7.44. The lowest BCUT2D eigenvalue weighted by Crippen LogP contribution is -2.41. The molecule has 0 radical (unpaired) electrons. The summed E-state index contributed by atoms with van der Waals surface area (Å²) in [6.07, 6.45) is 0.516. The zero-order valence-corrected chi connectivity index (χ0v) is 17.1. The van der Waals surface area contributed by atoms with Crippen LogP contribution in [-0.2, 0) is 14.6 Å². The maximum Gasteiger partial charge on any atom is 0.271 e. The highest BCUT2D eigenvalue weighted by atomic mass is 32.2. The number of hydrogen-bond donors (Lipinski definition) is 1. The molecule has 2 aromatic rings. The van der Waals surface area contributed by atoms with Gasteiger partial charge in [0.05, 0.1) is 36.5 Å². The molecule has 1 atom stereocenters. The molecule has 2 fully saturated rings. The number of benzene rings is 1. The van der Waals surface area contributed by atoms with E-state index in [9.17, 15) is 13.2 Å². The predicted octanol–water partition coefficient (Wildman–Crippen LogP) is 0.972. The molecule has 2 saturated heterocycles. The second-order valence-electron chi connectivity index (χ2n) is 7.49. The number of rotatable bonds is 6. The van der Waals surface area contributed by atoms with Crippen molar-refractivity contribution in [3.8, 4) is 11.3 Å². The van der Waals surface area contributed by atoms with Crippen LogP contribution in [0.1, 0.15) is 23.0 Å². The molecule has 9 heteroatoms. The predicted molar refractivity (Wildman–Crippen MR) is 110 cm³/mol. The molecule has 1 aromatic heterocycles. The van der Waals surface area contributed by atoms with Crippen molar-refractivity contribution in [2.24, 2.45) is 0 Å². The Morgan fingerprint density at radius 1 is 1.21 bits per heavy atom. The van der Waals surface area contributed by atoms with Gasteiger partial charge in [0, 0.05) is 26.2 Å². The Morgan fingerprint density at radius 3 is 2.66 bits per heavy atom. The third-order valence-corrected chi connectivity index (χ3v) is 7.16. The van der Waals surface area contributed by atoms with Crippen LogP contribution in [0.2, 0.25) is 0 Å². The zero-order chi connectivity index (χ0) is 20.3. The quantitative estimate of drug-likeness (QED) is 0.752. The van der Waals surface area contributed by atoms with Gasteiger partial charge in [-0.25, -0.2) is 8.42 Å². The second kappa shape index (κ2) is 8.64. The van der Waals surface area contributed by atoms with Crippen molar-refractivity contribution >= 4 is 15.7 Å². The molecule has 0 unspecified atom stereocenters. The lowest BCUT2D eigenvalue weighted by molar-refractivity contribution is 0.0383. The highest BCUT2D eigenvalue weighted by Crippen LogP contribution is 2.30. The van der Waals surface area contributed by atoms with Gasteiger partial charge in [0.1, 0.15) is 0 Å². The van der Waals surface area contributed by atoms with E-state index in [1.807, 2.05) is 30.3 Å². The molecule has 0 aliphatic carbocycles. The lowest BCUT2D eigenvalue weighted by atomic mass is 10.1. The number of ether oxygens (including phenoxy) is 1. The first-order valence-corrected chi connectivity index (χ1v) is 11.8. The normalized spacial score (nSPS) is 21.9. The first kappa shape index (κ1) is 20.1. The van der Waals surface area contributed by atoms with Gasteiger partial charge in [-0.2, -0.15) is 5.10 Å². The summed E-state index contributed by atoms with van der Waals surface area (Å²) in [6.45, 7) is 4.50. The summed E-state index contributed by atoms with van der Waals surface area (Å²) in [5.74, 6) is -0.0190. The largest absolute Gasteiger partial charge is 0.379 e. The fourth-order valence-corrected chi connectivity index (χ4v) is 5.51. The first-order chi connectivity index (χ1) is 14.0. The van der Waals surface area contributed by atoms with Crippen molar-refractivity contribution in [3.05, 3.63) is 42.1 Å². The van der Waals surface area contributed by atoms with Crippen LogP contribution in [0.15, 0.2) is 36.4 Å². The summed E-state index contributed by atoms with van der Waals surface area (Å²) in [6, 6.07) is 11.1. The van der Waals surface area contributed by atoms with Crippen LogP contribution in [0.4, 0.5) is 0 Å². The molecule has 8 nitrogen and oxygen atoms in total. The Hall–Kier alpha value is -2.23. The van der Waals surface area contributed by atoms with E-state index in [-0.39, 0.29) is 23.5 Å². The standard InChI is InChI=1S/C20H26N4O4S/c25-20(21-7-8-23-9-11-28-12-10-23)18-14-19(16-4-2-1-3-5-16)24(22-18)17-6-13-29(26,27)15-17/h1-5,14,17H,6-13,15H2,(H,21,25)/t17-/m1/s1. The maximum atomic E-state index is 12.7. The molecule has 0 spiro atoms. The first-order valence-electron chi connectivity index (χ1n) is 9.95. The van der Waals surface area contributed by atoms with Gasteiger partial charge in [-0.05, 0) is 18.1 Å². The second-order valence-corrected chi connectivity index (χ2v) is 9.72. The van der Waals surface area contributed by atoms with E-state index in [1.165, 1.54) is 0 Å². The summed E-state index contributed by atoms with van der Waals surface area (Å²) in [4.78, 5) is 14.9. The van der Waals surface area contributed by atoms with Crippen molar-refractivity contribution in [2.45, 2.75) is 12.5 Å². The third kappa shape index (κ3) is 4.85. The Kier molecular flexibility index (Phi) is 5.98. The van der Waals surface area contributed by atoms with E-state index >= 15 is 0 Å². The smallest absolute Gasteiger partial charge is 0.271 e. The van der Waals surface area contributed by atoms with Crippen LogP contribution in [0, 0.1) is 0 Å². The summed E-state index contributed by atoms with van der Waals surface area (Å²) in [5.41, 5.74) is 2.00. The molecule has 2 aliphatic heterocycles. The number of morpholine rings is 1. The summed E-state index contributed by atoms with van der Waals surface area (Å²) in [7, 11) is -3.06. The molecular formula is C20H26N4O4S. The molecule has 2 aliphatic rings. The number of carbonyl (C=O) groups excluding carboxylic acids is 1. The van der Waals surface area contributed by atoms with Crippen molar-refractivity contribution in [2.75, 3.05) is 50.9 Å². The van der Waals surface area contributed by atoms with Crippen molar-refractivity contribution in [1.29, 1.82) is 0 Å². The molecular weight excluding hydrogens is 392 g/mol. The number of aromatic nitrogens is 2. The fourth-order valence-electron chi connectivity index (χ4n) is 3.82. The number of sulfone groups is 1. The van der Waals surface area contributed by atoms with Gasteiger partial charge in [0.25, 0.3) is 5.91 Å². The van der Waals surface area contributed by atoms with E-state index in [1.54, 1.807) is 10.7 Å². The molecule has 3 heterocycles. The SMILES string of the molecule is O=C(NCCN1CCOCC1)c1cc(-c2ccccc2)n([C@@H]2CCS(=O)(=O)C2)n1. The fraction of sp³-hybridized carbons (Fsp3) is 0.500. The molecule has 29 heavy (non-hydrogen) atoms. The van der Waals surface area contributed by atoms with Crippen LogP contribution < -0.4 is 5.32 Å². The molecule has 156 valence electrons. The third-order valence-electron chi connectivity index (χ3n) is 5.41. The van der Waals surface area contributed by atoms with E-state index in [0.29, 0.717) is 18.7 Å². The minimum atomic E-state index is -3.06. The van der Waals surface area contributed by atoms with E-state index in [2.05, 4.69) is 15.3 Å². The number of amides is 1. The van der Waals surface area contributed by atoms with Crippen LogP contribution in [0.3, 0.4) is 0 Å². The number of nitrogens with zero attached hydrogens (tertiary/aromatic N) is 3. The molecule has 1 N–H and O–H groups in total. The van der Waals surface area contributed by atoms with Crippen LogP contribution in [0.5, 0.6) is 0 Å². The van der Waals surface area contributed by atoms with Gasteiger partial charge in [-0.15, -0.1) is 0 Å². The Balaban J connectivity index is 1.50. The average Bonchev–Trinajstić information content (AvgIpc) is 3.33. The summed E-state index contributed by atoms with van der Waals surface area (Å²) < 4.78 is 31.0. The van der Waals surface area contributed by atoms with Gasteiger partial charge >= 0.3 is 0 Å². The monoisotopic (exact) mass is 418 g/mol. The van der Waals surface area contributed by atoms with Gasteiger partial charge < -0.3 is 10.1 Å². The van der Waals surface area contributed by atoms with Gasteiger partial charge in [0.15, 0.2) is 15.5 Å². The van der Waals surface area contributed by atoms with Crippen molar-refractivity contribution < 1.29 is 17.9 Å². The Bertz CT molecular complexity index is 952. The van der Waals surface area contributed by atoms with Crippen LogP contribution >= 0.6 is 0 Å². The molecule has 0 saturated carbocycles. The van der Waals surface area contributed by atoms with E-state index in [4.69, 9.17) is 4.74 Å². The van der Waals surface area contributed by atoms with Crippen molar-refractivity contribution in [1.82, 2.24) is 20.0 Å². The average molecular weight is 419 g/mol. The zero-order valence-electron chi connectivity index (χ0n) is 16.3. The number of hydrogen-bond acceptors (Lipinski definition) is 6. The highest BCUT2D eigenvalue weighted by molar-refractivity contribution is 7.91. The van der Waals surface area contributed by atoms with Crippen LogP contribution in [0.25, 0.3) is 11.3 Å². The topological polar surface area (TPSA) is 93.5 Å². The molecule has 1 aromatic carbocycles. The van der Waals surface area contributed by atoms with Crippen LogP contribution in [-0.4, -0.2) is 79.9 Å².